The topological polar surface area (TPSA) is 628 Å². The van der Waals surface area contributed by atoms with E-state index in [4.69, 9.17) is 31.4 Å². The van der Waals surface area contributed by atoms with E-state index in [0.29, 0.717) is 56.6 Å². The summed E-state index contributed by atoms with van der Waals surface area (Å²) in [7, 11) is 4.40. The molecule has 129 heavy (non-hydrogen) atoms. The Hall–Kier alpha value is -11.2. The smallest absolute Gasteiger partial charge is 0.426 e. The second kappa shape index (κ2) is 54.9. The number of hydrazine groups is 1. The number of rotatable bonds is 56. The van der Waals surface area contributed by atoms with Gasteiger partial charge in [0.1, 0.15) is 37.3 Å². The number of nitrogens with zero attached hydrogens (tertiary/aromatic N) is 5. The number of likely N-dealkylation sites (N-methyl/N-ethyl adjacent to an activating group) is 1. The molecule has 11 amide bonds. The zero-order chi connectivity index (χ0) is 94.8. The Morgan fingerprint density at radius 2 is 1.47 bits per heavy atom. The van der Waals surface area contributed by atoms with E-state index in [1.807, 2.05) is 31.2 Å². The lowest BCUT2D eigenvalue weighted by Gasteiger charge is -2.35. The number of nitrogen functional groups attached to an aromatic ring is 1. The standard InChI is InChI=1S/C84H125N21O21S3/c1-9-13-14-17-34-124-49-105(78(119)71(50(5)10-2)97-76(117)62-18-15-16-32-104(62)8)33-30-63(126-52(7)106)64-39-54(11-3)56(47-127-64)40-88-58(38-53-19-25-60(107)26-20-53)37-51(6)74(115)102-103-82(123)125-35-36-128-129-48-83(86,12-4)100-68(111)46-94-80(122)84(87,31-29-70(113)114)101-69(112)45-92-67(110)44-91-66(109)43-90-65(108)28-27-61(79(120)121)96-75(116)55-21-23-57(24-22-55)89-41-59-42-93-73-72(95-59)77(118)99-81(85)98-73/h19-26,39,42,47,50-51,54,58,61-63,71,88-89,107H,9-18,27-38,40-41,43-46,48-49,86-87H2,1-8H3,(H,90,108)(H,91,109)(H,92,110)(H,94,122)(H,96,116)(H,97,117)(H,100,111)(H,101,112)(H,102,115)(H,103,123)(H,113,114)(H,120,121)(H3,85,93,98,99,118). The number of aromatic hydroxyl groups is 1. The van der Waals surface area contributed by atoms with Gasteiger partial charge in [-0.25, -0.2) is 25.0 Å². The summed E-state index contributed by atoms with van der Waals surface area (Å²) in [5.41, 5.74) is 21.7. The predicted molar refractivity (Wildman–Crippen MR) is 485 cm³/mol. The van der Waals surface area contributed by atoms with Crippen molar-refractivity contribution in [1.82, 2.24) is 88.4 Å². The number of carboxylic acids is 2. The third-order valence-electron chi connectivity index (χ3n) is 21.3. The second-order valence-electron chi connectivity index (χ2n) is 31.6. The molecular formula is C84H125N21O21S3. The Labute approximate surface area is 760 Å². The number of nitrogens with two attached hydrogens (primary N) is 3. The van der Waals surface area contributed by atoms with Crippen LogP contribution >= 0.6 is 33.3 Å². The van der Waals surface area contributed by atoms with Crippen molar-refractivity contribution in [2.24, 2.45) is 29.2 Å². The van der Waals surface area contributed by atoms with Gasteiger partial charge in [0.2, 0.25) is 53.2 Å². The van der Waals surface area contributed by atoms with Gasteiger partial charge in [0.05, 0.1) is 56.3 Å². The van der Waals surface area contributed by atoms with E-state index in [0.717, 1.165) is 61.1 Å². The first-order chi connectivity index (χ1) is 61.4. The number of phenols is 1. The molecule has 10 atom stereocenters. The molecule has 10 unspecified atom stereocenters. The van der Waals surface area contributed by atoms with E-state index >= 15 is 0 Å². The summed E-state index contributed by atoms with van der Waals surface area (Å²) in [6, 6.07) is 9.71. The van der Waals surface area contributed by atoms with E-state index in [2.05, 4.69) is 104 Å². The van der Waals surface area contributed by atoms with Crippen LogP contribution in [0.2, 0.25) is 0 Å². The number of carbonyl (C=O) groups excluding carboxylic acids is 12. The Kier molecular flexibility index (Phi) is 45.4. The molecule has 0 bridgehead atoms. The van der Waals surface area contributed by atoms with E-state index in [-0.39, 0.29) is 121 Å². The molecule has 45 heteroatoms. The Morgan fingerprint density at radius 3 is 2.13 bits per heavy atom. The number of fused-ring (bicyclic) bond motifs is 1. The van der Waals surface area contributed by atoms with E-state index < -0.39 is 158 Å². The van der Waals surface area contributed by atoms with Gasteiger partial charge in [-0.2, -0.15) is 4.98 Å². The number of carboxylic acid groups (broad SMARTS) is 2. The molecule has 22 N–H and O–H groups in total. The normalized spacial score (nSPS) is 16.1. The number of aliphatic carboxylic acids is 2. The molecule has 0 aliphatic carbocycles. The summed E-state index contributed by atoms with van der Waals surface area (Å²) in [5.74, 6) is -11.3. The van der Waals surface area contributed by atoms with E-state index in [9.17, 15) is 87.2 Å². The van der Waals surface area contributed by atoms with Crippen LogP contribution < -0.4 is 86.8 Å². The van der Waals surface area contributed by atoms with Gasteiger partial charge >= 0.3 is 24.0 Å². The number of hydrogen-bond acceptors (Lipinski definition) is 31. The second-order valence-corrected chi connectivity index (χ2v) is 35.1. The molecule has 2 aliphatic heterocycles. The number of amides is 11. The van der Waals surface area contributed by atoms with Crippen LogP contribution in [0.15, 0.2) is 81.5 Å². The number of aromatic amines is 1. The number of carbonyl (C=O) groups is 14. The average molecular weight is 1860 g/mol. The number of benzene rings is 2. The van der Waals surface area contributed by atoms with Gasteiger partial charge in [-0.05, 0) is 124 Å². The van der Waals surface area contributed by atoms with Crippen molar-refractivity contribution < 1.29 is 96.7 Å². The number of nitrogens with one attached hydrogen (secondary N) is 13. The Bertz CT molecular complexity index is 4590. The Morgan fingerprint density at radius 1 is 0.783 bits per heavy atom. The summed E-state index contributed by atoms with van der Waals surface area (Å²) < 4.78 is 17.5. The molecule has 2 aliphatic rings. The summed E-state index contributed by atoms with van der Waals surface area (Å²) >= 11 is 1.43. The van der Waals surface area contributed by atoms with Crippen molar-refractivity contribution in [2.75, 3.05) is 95.4 Å². The number of anilines is 2. The van der Waals surface area contributed by atoms with Crippen LogP contribution in [0.1, 0.15) is 173 Å². The van der Waals surface area contributed by atoms with Crippen LogP contribution in [0.3, 0.4) is 0 Å². The largest absolute Gasteiger partial charge is 0.508 e. The van der Waals surface area contributed by atoms with Crippen molar-refractivity contribution in [2.45, 2.75) is 206 Å². The minimum atomic E-state index is -2.44. The lowest BCUT2D eigenvalue weighted by molar-refractivity contribution is -0.147. The molecule has 2 aromatic heterocycles. The number of piperidine rings is 1. The van der Waals surface area contributed by atoms with Gasteiger partial charge in [0.15, 0.2) is 16.8 Å². The fourth-order valence-corrected chi connectivity index (χ4v) is 16.8. The molecule has 6 rings (SSSR count). The number of likely N-dealkylation sites (tertiary alicyclic amines) is 1. The molecule has 0 radical (unpaired) electrons. The molecular weight excluding hydrogens is 1740 g/mol. The maximum atomic E-state index is 14.7. The molecule has 4 aromatic rings. The molecule has 4 heterocycles. The fourth-order valence-electron chi connectivity index (χ4n) is 13.4. The minimum absolute atomic E-state index is 0.00386. The lowest BCUT2D eigenvalue weighted by atomic mass is 9.93. The monoisotopic (exact) mass is 1860 g/mol. The first-order valence-electron chi connectivity index (χ1n) is 42.9. The zero-order valence-electron chi connectivity index (χ0n) is 74.1. The highest BCUT2D eigenvalue weighted by molar-refractivity contribution is 8.76. The first-order valence-corrected chi connectivity index (χ1v) is 46.3. The zero-order valence-corrected chi connectivity index (χ0v) is 76.5. The molecule has 0 spiro atoms. The van der Waals surface area contributed by atoms with Crippen LogP contribution in [0.4, 0.5) is 16.4 Å². The molecule has 1 fully saturated rings. The number of unbranched alkanes of at least 4 members (excludes halogenated alkanes) is 3. The van der Waals surface area contributed by atoms with Crippen molar-refractivity contribution >= 4 is 139 Å². The number of esters is 1. The molecule has 710 valence electrons. The van der Waals surface area contributed by atoms with Crippen LogP contribution in [0, 0.1) is 17.8 Å². The number of H-pyrrole nitrogens is 1. The SMILES string of the molecule is CCCCCCOCN(CCC(OC(C)=O)C1=CC(CC)C(CNC(Cc2ccc(O)cc2)CC(C)C(=O)NNC(=O)OCCSSCC(N)(CC)NC(=O)CNC(=O)C(N)(CCC(=O)O)NC(=O)CNC(=O)CNC(=O)CNC(=O)CCC(NC(=O)c2ccc(NCc3cnc4nc(N)[nH]c(=O)c4n3)cc2)C(=O)O)=CS1)C(=O)C(NC(=O)C1CCCCN1C)C(C)CC. The number of phenolic OH excluding ortho intramolecular Hbond substituents is 1. The predicted octanol–water partition coefficient (Wildman–Crippen LogP) is 2.48. The van der Waals surface area contributed by atoms with Gasteiger partial charge in [-0.3, -0.25) is 77.6 Å². The maximum absolute atomic E-state index is 14.7. The molecule has 1 saturated heterocycles. The third kappa shape index (κ3) is 37.8. The van der Waals surface area contributed by atoms with Crippen molar-refractivity contribution in [3.05, 3.63) is 104 Å². The van der Waals surface area contributed by atoms with Gasteiger partial charge < -0.3 is 105 Å². The van der Waals surface area contributed by atoms with Crippen LogP contribution in [0.5, 0.6) is 5.75 Å². The number of hydrogen-bond donors (Lipinski definition) is 19. The minimum Gasteiger partial charge on any atom is -0.508 e. The van der Waals surface area contributed by atoms with Gasteiger partial charge in [0, 0.05) is 97.8 Å². The van der Waals surface area contributed by atoms with Gasteiger partial charge in [-0.1, -0.05) is 125 Å². The summed E-state index contributed by atoms with van der Waals surface area (Å²) in [6.45, 7) is 11.8. The summed E-state index contributed by atoms with van der Waals surface area (Å²) in [4.78, 5) is 213. The first kappa shape index (κ1) is 107. The highest BCUT2D eigenvalue weighted by Gasteiger charge is 2.39. The highest BCUT2D eigenvalue weighted by atomic mass is 33.1. The number of aromatic nitrogens is 4. The maximum Gasteiger partial charge on any atom is 0.426 e. The molecule has 42 nitrogen and oxygen atoms in total. The van der Waals surface area contributed by atoms with Crippen LogP contribution in [-0.4, -0.2) is 254 Å². The van der Waals surface area contributed by atoms with Gasteiger partial charge in [0.25, 0.3) is 17.4 Å². The fraction of sp³-hybridized carbons (Fsp3) is 0.571. The number of thioether (sulfide) groups is 1. The van der Waals surface area contributed by atoms with Crippen LogP contribution in [-0.2, 0) is 84.7 Å². The van der Waals surface area contributed by atoms with E-state index in [1.165, 1.54) is 70.7 Å². The van der Waals surface area contributed by atoms with Gasteiger partial charge in [-0.15, -0.1) is 0 Å². The summed E-state index contributed by atoms with van der Waals surface area (Å²) in [5, 5.41) is 57.2. The number of ether oxygens (including phenoxy) is 3. The third-order valence-corrected chi connectivity index (χ3v) is 24.9. The number of allylic oxidation sites excluding steroid dienone is 1. The Balaban J connectivity index is 0.884. The van der Waals surface area contributed by atoms with Crippen molar-refractivity contribution in [1.29, 1.82) is 0 Å². The van der Waals surface area contributed by atoms with Crippen molar-refractivity contribution in [3.8, 4) is 5.75 Å². The highest BCUT2D eigenvalue weighted by Crippen LogP contribution is 2.37. The van der Waals surface area contributed by atoms with E-state index in [1.54, 1.807) is 43.0 Å². The average Bonchev–Trinajstić information content (AvgIpc) is 0.792. The molecule has 0 saturated carbocycles. The lowest BCUT2D eigenvalue weighted by Crippen LogP contribution is -2.67. The molecule has 2 aromatic carbocycles. The quantitative estimate of drug-likeness (QED) is 0.00992. The van der Waals surface area contributed by atoms with Crippen LogP contribution in [0.25, 0.3) is 11.2 Å². The summed E-state index contributed by atoms with van der Waals surface area (Å²) in [6.07, 6.45) is 8.76. The van der Waals surface area contributed by atoms with Crippen molar-refractivity contribution in [3.63, 3.8) is 0 Å².